The van der Waals surface area contributed by atoms with Crippen molar-refractivity contribution in [1.82, 2.24) is 9.97 Å². The maximum absolute atomic E-state index is 11.8. The minimum absolute atomic E-state index is 0.270. The van der Waals surface area contributed by atoms with Gasteiger partial charge in [-0.25, -0.2) is 4.98 Å². The van der Waals surface area contributed by atoms with Crippen LogP contribution in [0, 0.1) is 0 Å². The van der Waals surface area contributed by atoms with Crippen molar-refractivity contribution in [2.24, 2.45) is 0 Å². The zero-order valence-electron chi connectivity index (χ0n) is 8.52. The summed E-state index contributed by atoms with van der Waals surface area (Å²) in [5.41, 5.74) is 0.455. The topological polar surface area (TPSA) is 54.9 Å². The average molecular weight is 313 g/mol. The second-order valence-corrected chi connectivity index (χ2v) is 4.56. The fourth-order valence-electron chi connectivity index (χ4n) is 1.17. The Balaban J connectivity index is 2.14. The summed E-state index contributed by atoms with van der Waals surface area (Å²) in [5, 5.41) is 3.16. The van der Waals surface area contributed by atoms with E-state index in [0.717, 1.165) is 4.47 Å². The summed E-state index contributed by atoms with van der Waals surface area (Å²) in [6.45, 7) is 0. The quantitative estimate of drug-likeness (QED) is 0.927. The number of rotatable bonds is 2. The van der Waals surface area contributed by atoms with Gasteiger partial charge in [0.05, 0.1) is 10.6 Å². The van der Waals surface area contributed by atoms with E-state index in [-0.39, 0.29) is 5.91 Å². The number of carbonyl (C=O) groups excluding carboxylic acids is 1. The molecule has 1 amide bonds. The van der Waals surface area contributed by atoms with E-state index in [1.807, 2.05) is 0 Å². The van der Waals surface area contributed by atoms with Crippen molar-refractivity contribution in [3.63, 3.8) is 0 Å². The van der Waals surface area contributed by atoms with Crippen LogP contribution in [-0.4, -0.2) is 15.9 Å². The first-order valence-corrected chi connectivity index (χ1v) is 5.86. The van der Waals surface area contributed by atoms with Crippen LogP contribution >= 0.6 is 27.5 Å². The average Bonchev–Trinajstić information content (AvgIpc) is 2.32. The molecule has 2 rings (SSSR count). The highest BCUT2D eigenvalue weighted by atomic mass is 79.9. The number of nitrogens with zero attached hydrogens (tertiary/aromatic N) is 2. The minimum atomic E-state index is -0.270. The van der Waals surface area contributed by atoms with Crippen molar-refractivity contribution in [3.05, 3.63) is 51.8 Å². The number of hydrogen-bond donors (Lipinski definition) is 1. The van der Waals surface area contributed by atoms with E-state index in [4.69, 9.17) is 11.6 Å². The van der Waals surface area contributed by atoms with Crippen LogP contribution in [0.15, 0.2) is 41.3 Å². The largest absolute Gasteiger partial charge is 0.307 e. The predicted molar refractivity (Wildman–Crippen MR) is 69.1 cm³/mol. The molecule has 2 aromatic heterocycles. The van der Waals surface area contributed by atoms with Crippen molar-refractivity contribution < 1.29 is 4.79 Å². The van der Waals surface area contributed by atoms with Gasteiger partial charge in [-0.05, 0) is 34.1 Å². The van der Waals surface area contributed by atoms with Gasteiger partial charge in [0, 0.05) is 23.1 Å². The van der Waals surface area contributed by atoms with Crippen molar-refractivity contribution in [3.8, 4) is 0 Å². The third-order valence-corrected chi connectivity index (χ3v) is 2.59. The molecule has 86 valence electrons. The monoisotopic (exact) mass is 311 g/mol. The second kappa shape index (κ2) is 5.25. The normalized spacial score (nSPS) is 10.0. The summed E-state index contributed by atoms with van der Waals surface area (Å²) in [4.78, 5) is 19.7. The highest BCUT2D eigenvalue weighted by Gasteiger charge is 2.07. The Hall–Kier alpha value is -1.46. The van der Waals surface area contributed by atoms with Gasteiger partial charge in [0.15, 0.2) is 0 Å². The summed E-state index contributed by atoms with van der Waals surface area (Å²) in [7, 11) is 0. The van der Waals surface area contributed by atoms with Gasteiger partial charge in [0.1, 0.15) is 5.82 Å². The highest BCUT2D eigenvalue weighted by Crippen LogP contribution is 2.13. The van der Waals surface area contributed by atoms with E-state index in [1.165, 1.54) is 12.4 Å². The molecule has 0 aromatic carbocycles. The number of amides is 1. The molecular formula is C11H7BrClN3O. The highest BCUT2D eigenvalue weighted by molar-refractivity contribution is 9.10. The van der Waals surface area contributed by atoms with Gasteiger partial charge in [-0.1, -0.05) is 11.6 Å². The summed E-state index contributed by atoms with van der Waals surface area (Å²) >= 11 is 8.94. The molecule has 6 heteroatoms. The molecule has 0 saturated heterocycles. The van der Waals surface area contributed by atoms with Gasteiger partial charge in [-0.15, -0.1) is 0 Å². The van der Waals surface area contributed by atoms with Crippen LogP contribution in [0.5, 0.6) is 0 Å². The third-order valence-electron chi connectivity index (χ3n) is 1.94. The van der Waals surface area contributed by atoms with Crippen molar-refractivity contribution >= 4 is 39.3 Å². The van der Waals surface area contributed by atoms with Gasteiger partial charge in [-0.3, -0.25) is 9.78 Å². The molecular weight excluding hydrogens is 305 g/mol. The zero-order chi connectivity index (χ0) is 12.3. The fraction of sp³-hybridized carbons (Fsp3) is 0. The molecule has 4 nitrogen and oxygen atoms in total. The van der Waals surface area contributed by atoms with Crippen LogP contribution in [0.2, 0.25) is 5.02 Å². The molecule has 2 aromatic rings. The van der Waals surface area contributed by atoms with E-state index in [0.29, 0.717) is 16.4 Å². The molecule has 0 atom stereocenters. The van der Waals surface area contributed by atoms with Crippen LogP contribution < -0.4 is 5.32 Å². The molecule has 0 bridgehead atoms. The molecule has 0 radical (unpaired) electrons. The summed E-state index contributed by atoms with van der Waals surface area (Å²) in [6.07, 6.45) is 4.56. The van der Waals surface area contributed by atoms with Crippen LogP contribution in [0.1, 0.15) is 10.4 Å². The number of hydrogen-bond acceptors (Lipinski definition) is 3. The molecule has 0 aliphatic heterocycles. The Morgan fingerprint density at radius 3 is 2.76 bits per heavy atom. The van der Waals surface area contributed by atoms with Gasteiger partial charge in [-0.2, -0.15) is 0 Å². The summed E-state index contributed by atoms with van der Waals surface area (Å²) in [6, 6.07) is 4.97. The summed E-state index contributed by atoms with van der Waals surface area (Å²) in [5.74, 6) is 0.174. The van der Waals surface area contributed by atoms with Crippen LogP contribution in [-0.2, 0) is 0 Å². The number of aromatic nitrogens is 2. The molecule has 0 unspecified atom stereocenters. The molecule has 2 heterocycles. The minimum Gasteiger partial charge on any atom is -0.307 e. The molecule has 0 fully saturated rings. The van der Waals surface area contributed by atoms with E-state index >= 15 is 0 Å². The van der Waals surface area contributed by atoms with Gasteiger partial charge in [0.2, 0.25) is 0 Å². The van der Waals surface area contributed by atoms with Gasteiger partial charge < -0.3 is 5.32 Å². The lowest BCUT2D eigenvalue weighted by Gasteiger charge is -2.04. The first kappa shape index (κ1) is 12.0. The number of carbonyl (C=O) groups is 1. The number of halogens is 2. The number of anilines is 1. The molecule has 0 saturated carbocycles. The fourth-order valence-corrected chi connectivity index (χ4v) is 1.65. The van der Waals surface area contributed by atoms with E-state index < -0.39 is 0 Å². The SMILES string of the molecule is O=C(Nc1ccc(Cl)cn1)c1cncc(Br)c1. The van der Waals surface area contributed by atoms with Gasteiger partial charge in [0.25, 0.3) is 5.91 Å². The van der Waals surface area contributed by atoms with E-state index in [9.17, 15) is 4.79 Å². The maximum Gasteiger partial charge on any atom is 0.258 e. The predicted octanol–water partition coefficient (Wildman–Crippen LogP) is 3.14. The molecule has 1 N–H and O–H groups in total. The summed E-state index contributed by atoms with van der Waals surface area (Å²) < 4.78 is 0.745. The Morgan fingerprint density at radius 2 is 2.12 bits per heavy atom. The Kier molecular flexibility index (Phi) is 3.71. The van der Waals surface area contributed by atoms with Crippen LogP contribution in [0.3, 0.4) is 0 Å². The second-order valence-electron chi connectivity index (χ2n) is 3.21. The van der Waals surface area contributed by atoms with E-state index in [2.05, 4.69) is 31.2 Å². The molecule has 17 heavy (non-hydrogen) atoms. The Morgan fingerprint density at radius 1 is 1.29 bits per heavy atom. The lowest BCUT2D eigenvalue weighted by molar-refractivity contribution is 0.102. The Bertz CT molecular complexity index is 545. The van der Waals surface area contributed by atoms with Gasteiger partial charge >= 0.3 is 0 Å². The lowest BCUT2D eigenvalue weighted by Crippen LogP contribution is -2.13. The first-order valence-electron chi connectivity index (χ1n) is 4.68. The third kappa shape index (κ3) is 3.25. The lowest BCUT2D eigenvalue weighted by atomic mass is 10.3. The maximum atomic E-state index is 11.8. The van der Waals surface area contributed by atoms with E-state index in [1.54, 1.807) is 24.4 Å². The standard InChI is InChI=1S/C11H7BrClN3O/c12-8-3-7(4-14-5-8)11(17)16-10-2-1-9(13)6-15-10/h1-6H,(H,15,16,17). The first-order chi connectivity index (χ1) is 8.15. The Labute approximate surface area is 111 Å². The molecule has 0 aliphatic carbocycles. The molecule has 0 spiro atoms. The molecule has 0 aliphatic rings. The zero-order valence-corrected chi connectivity index (χ0v) is 10.9. The smallest absolute Gasteiger partial charge is 0.258 e. The number of pyridine rings is 2. The number of nitrogens with one attached hydrogen (secondary N) is 1. The van der Waals surface area contributed by atoms with Crippen molar-refractivity contribution in [2.75, 3.05) is 5.32 Å². The van der Waals surface area contributed by atoms with Crippen molar-refractivity contribution in [2.45, 2.75) is 0 Å². The van der Waals surface area contributed by atoms with Crippen molar-refractivity contribution in [1.29, 1.82) is 0 Å². The van der Waals surface area contributed by atoms with Crippen LogP contribution in [0.4, 0.5) is 5.82 Å². The van der Waals surface area contributed by atoms with Crippen LogP contribution in [0.25, 0.3) is 0 Å².